The quantitative estimate of drug-likeness (QED) is 0.231. The molecule has 0 fully saturated rings. The van der Waals surface area contributed by atoms with E-state index in [2.05, 4.69) is 20.9 Å². The number of carbonyl (C=O) groups excluding carboxylic acids is 1. The molecule has 0 aliphatic rings. The average Bonchev–Trinajstić information content (AvgIpc) is 2.59. The van der Waals surface area contributed by atoms with Crippen molar-refractivity contribution in [3.05, 3.63) is 24.3 Å². The van der Waals surface area contributed by atoms with Crippen molar-refractivity contribution in [3.63, 3.8) is 0 Å². The minimum absolute atomic E-state index is 0. The zero-order valence-electron chi connectivity index (χ0n) is 16.2. The van der Waals surface area contributed by atoms with Crippen molar-refractivity contribution in [2.75, 3.05) is 40.4 Å². The van der Waals surface area contributed by atoms with Gasteiger partial charge >= 0.3 is 0 Å². The number of nitrogens with one attached hydrogen (secondary N) is 3. The van der Waals surface area contributed by atoms with E-state index >= 15 is 0 Å². The van der Waals surface area contributed by atoms with Gasteiger partial charge < -0.3 is 25.4 Å². The number of guanidine groups is 1. The van der Waals surface area contributed by atoms with E-state index in [0.29, 0.717) is 32.2 Å². The van der Waals surface area contributed by atoms with Crippen LogP contribution in [0.5, 0.6) is 11.5 Å². The van der Waals surface area contributed by atoms with Crippen LogP contribution >= 0.6 is 24.0 Å². The summed E-state index contributed by atoms with van der Waals surface area (Å²) in [5, 5.41) is 9.18. The Hall–Kier alpha value is -1.71. The summed E-state index contributed by atoms with van der Waals surface area (Å²) < 4.78 is 10.7. The first-order valence-corrected chi connectivity index (χ1v) is 8.36. The highest BCUT2D eigenvalue weighted by atomic mass is 127. The molecule has 26 heavy (non-hydrogen) atoms. The molecule has 0 atom stereocenters. The van der Waals surface area contributed by atoms with Crippen LogP contribution in [0.25, 0.3) is 0 Å². The molecule has 1 aromatic carbocycles. The van der Waals surface area contributed by atoms with Gasteiger partial charge in [0.15, 0.2) is 5.96 Å². The number of carbonyl (C=O) groups is 1. The highest BCUT2D eigenvalue weighted by molar-refractivity contribution is 14.0. The Morgan fingerprint density at radius 3 is 2.08 bits per heavy atom. The lowest BCUT2D eigenvalue weighted by atomic mass is 9.96. The molecular weight excluding hydrogens is 447 g/mol. The number of nitrogens with zero attached hydrogens (tertiary/aromatic N) is 1. The molecule has 0 aliphatic carbocycles. The fraction of sp³-hybridized carbons (Fsp3) is 0.556. The number of ether oxygens (including phenoxy) is 2. The summed E-state index contributed by atoms with van der Waals surface area (Å²) in [4.78, 5) is 15.9. The van der Waals surface area contributed by atoms with E-state index in [4.69, 9.17) is 9.47 Å². The van der Waals surface area contributed by atoms with E-state index in [0.717, 1.165) is 11.5 Å². The van der Waals surface area contributed by atoms with Gasteiger partial charge in [0.05, 0.1) is 13.7 Å². The van der Waals surface area contributed by atoms with Crippen molar-refractivity contribution < 1.29 is 14.3 Å². The van der Waals surface area contributed by atoms with E-state index in [1.807, 2.05) is 45.0 Å². The van der Waals surface area contributed by atoms with E-state index in [1.165, 1.54) is 0 Å². The molecule has 0 aliphatic heterocycles. The predicted octanol–water partition coefficient (Wildman–Crippen LogP) is 2.02. The first-order valence-electron chi connectivity index (χ1n) is 8.36. The maximum absolute atomic E-state index is 11.8. The van der Waals surface area contributed by atoms with Gasteiger partial charge in [0, 0.05) is 25.6 Å². The molecule has 8 heteroatoms. The Balaban J connectivity index is 0.00000625. The van der Waals surface area contributed by atoms with Crippen molar-refractivity contribution in [1.82, 2.24) is 16.0 Å². The van der Waals surface area contributed by atoms with Crippen molar-refractivity contribution in [2.45, 2.75) is 20.8 Å². The third-order valence-corrected chi connectivity index (χ3v) is 3.33. The molecule has 0 saturated heterocycles. The molecule has 0 bridgehead atoms. The molecule has 0 spiro atoms. The first kappa shape index (κ1) is 24.3. The third kappa shape index (κ3) is 9.69. The van der Waals surface area contributed by atoms with Crippen LogP contribution < -0.4 is 25.4 Å². The zero-order chi connectivity index (χ0) is 18.7. The predicted molar refractivity (Wildman–Crippen MR) is 116 cm³/mol. The van der Waals surface area contributed by atoms with Crippen molar-refractivity contribution in [1.29, 1.82) is 0 Å². The van der Waals surface area contributed by atoms with E-state index in [9.17, 15) is 4.79 Å². The molecule has 3 N–H and O–H groups in total. The number of amides is 1. The van der Waals surface area contributed by atoms with Gasteiger partial charge in [0.25, 0.3) is 0 Å². The SMILES string of the molecule is CN=C(NCCNC(=O)C(C)(C)C)NCCOc1ccc(OC)cc1.I. The second-order valence-corrected chi connectivity index (χ2v) is 6.46. The number of hydrogen-bond acceptors (Lipinski definition) is 4. The lowest BCUT2D eigenvalue weighted by molar-refractivity contribution is -0.128. The number of halogens is 1. The molecule has 148 valence electrons. The third-order valence-electron chi connectivity index (χ3n) is 3.33. The van der Waals surface area contributed by atoms with Crippen LogP contribution in [-0.4, -0.2) is 52.3 Å². The summed E-state index contributed by atoms with van der Waals surface area (Å²) in [5.41, 5.74) is -0.376. The van der Waals surface area contributed by atoms with E-state index < -0.39 is 0 Å². The Morgan fingerprint density at radius 1 is 1.00 bits per heavy atom. The molecule has 0 saturated carbocycles. The average molecular weight is 478 g/mol. The molecule has 7 nitrogen and oxygen atoms in total. The van der Waals surface area contributed by atoms with Gasteiger partial charge in [-0.25, -0.2) is 0 Å². The summed E-state index contributed by atoms with van der Waals surface area (Å²) in [7, 11) is 3.33. The van der Waals surface area contributed by atoms with E-state index in [1.54, 1.807) is 14.2 Å². The highest BCUT2D eigenvalue weighted by Gasteiger charge is 2.20. The second-order valence-electron chi connectivity index (χ2n) is 6.46. The number of hydrogen-bond donors (Lipinski definition) is 3. The van der Waals surface area contributed by atoms with Gasteiger partial charge in [-0.1, -0.05) is 20.8 Å². The normalized spacial score (nSPS) is 11.2. The summed E-state index contributed by atoms with van der Waals surface area (Å²) in [6.07, 6.45) is 0. The van der Waals surface area contributed by atoms with Gasteiger partial charge in [-0.05, 0) is 24.3 Å². The summed E-state index contributed by atoms with van der Waals surface area (Å²) in [6.45, 7) is 7.92. The van der Waals surface area contributed by atoms with Crippen LogP contribution in [0.1, 0.15) is 20.8 Å². The largest absolute Gasteiger partial charge is 0.497 e. The van der Waals surface area contributed by atoms with Crippen LogP contribution in [-0.2, 0) is 4.79 Å². The van der Waals surface area contributed by atoms with Gasteiger partial charge in [-0.2, -0.15) is 0 Å². The summed E-state index contributed by atoms with van der Waals surface area (Å²) >= 11 is 0. The summed E-state index contributed by atoms with van der Waals surface area (Å²) in [6, 6.07) is 7.44. The topological polar surface area (TPSA) is 84.0 Å². The van der Waals surface area contributed by atoms with Crippen LogP contribution in [0.15, 0.2) is 29.3 Å². The fourth-order valence-electron chi connectivity index (χ4n) is 1.85. The van der Waals surface area contributed by atoms with Gasteiger partial charge in [-0.3, -0.25) is 9.79 Å². The molecule has 0 radical (unpaired) electrons. The van der Waals surface area contributed by atoms with Crippen LogP contribution in [0.3, 0.4) is 0 Å². The maximum Gasteiger partial charge on any atom is 0.225 e. The molecule has 0 unspecified atom stereocenters. The monoisotopic (exact) mass is 478 g/mol. The molecule has 1 rings (SSSR count). The van der Waals surface area contributed by atoms with Crippen LogP contribution in [0.4, 0.5) is 0 Å². The van der Waals surface area contributed by atoms with Gasteiger partial charge in [-0.15, -0.1) is 24.0 Å². The smallest absolute Gasteiger partial charge is 0.225 e. The van der Waals surface area contributed by atoms with Crippen LogP contribution in [0.2, 0.25) is 0 Å². The maximum atomic E-state index is 11.8. The summed E-state index contributed by atoms with van der Waals surface area (Å²) in [5.74, 6) is 2.29. The minimum Gasteiger partial charge on any atom is -0.497 e. The minimum atomic E-state index is -0.376. The second kappa shape index (κ2) is 12.6. The van der Waals surface area contributed by atoms with Crippen LogP contribution in [0, 0.1) is 5.41 Å². The van der Waals surface area contributed by atoms with Gasteiger partial charge in [0.1, 0.15) is 18.1 Å². The molecular formula is C18H31IN4O3. The molecule has 0 heterocycles. The fourth-order valence-corrected chi connectivity index (χ4v) is 1.85. The van der Waals surface area contributed by atoms with Crippen molar-refractivity contribution >= 4 is 35.8 Å². The highest BCUT2D eigenvalue weighted by Crippen LogP contribution is 2.16. The lowest BCUT2D eigenvalue weighted by Gasteiger charge is -2.18. The van der Waals surface area contributed by atoms with Crippen molar-refractivity contribution in [3.8, 4) is 11.5 Å². The number of rotatable bonds is 8. The lowest BCUT2D eigenvalue weighted by Crippen LogP contribution is -2.44. The van der Waals surface area contributed by atoms with Crippen molar-refractivity contribution in [2.24, 2.45) is 10.4 Å². The standard InChI is InChI=1S/C18H30N4O3.HI/c1-18(2,3)16(23)20-10-11-21-17(19-4)22-12-13-25-15-8-6-14(24-5)7-9-15;/h6-9H,10-13H2,1-5H3,(H,20,23)(H2,19,21,22);1H. The Bertz CT molecular complexity index is 557. The Kier molecular flexibility index (Phi) is 11.8. The molecule has 1 amide bonds. The molecule has 1 aromatic rings. The Labute approximate surface area is 173 Å². The number of aliphatic imine (C=N–C) groups is 1. The number of benzene rings is 1. The number of methoxy groups -OCH3 is 1. The first-order chi connectivity index (χ1) is 11.9. The Morgan fingerprint density at radius 2 is 1.54 bits per heavy atom. The molecule has 0 aromatic heterocycles. The van der Waals surface area contributed by atoms with Gasteiger partial charge in [0.2, 0.25) is 5.91 Å². The zero-order valence-corrected chi connectivity index (χ0v) is 18.5. The van der Waals surface area contributed by atoms with E-state index in [-0.39, 0.29) is 35.3 Å².